The first-order chi connectivity index (χ1) is 9.34. The van der Waals surface area contributed by atoms with E-state index >= 15 is 0 Å². The molecule has 0 bridgehead atoms. The Hall–Kier alpha value is -1.06. The molecule has 2 N–H and O–H groups in total. The lowest BCUT2D eigenvalue weighted by Gasteiger charge is -2.28. The number of aliphatic hydroxyl groups excluding tert-OH is 1. The highest BCUT2D eigenvalue weighted by Gasteiger charge is 2.22. The minimum Gasteiger partial charge on any atom is -0.491 e. The maximum Gasteiger partial charge on any atom is 0.122 e. The van der Waals surface area contributed by atoms with Crippen molar-refractivity contribution in [2.75, 3.05) is 13.2 Å². The lowest BCUT2D eigenvalue weighted by Crippen LogP contribution is -2.45. The molecule has 0 amide bonds. The molecule has 1 heterocycles. The number of rotatable bonds is 4. The zero-order valence-electron chi connectivity index (χ0n) is 11.4. The Kier molecular flexibility index (Phi) is 4.04. The van der Waals surface area contributed by atoms with Crippen LogP contribution in [0, 0.1) is 0 Å². The third-order valence-electron chi connectivity index (χ3n) is 4.33. The van der Waals surface area contributed by atoms with Gasteiger partial charge < -0.3 is 15.2 Å². The summed E-state index contributed by atoms with van der Waals surface area (Å²) in [6.45, 7) is 1.41. The Morgan fingerprint density at radius 1 is 1.26 bits per heavy atom. The Morgan fingerprint density at radius 3 is 3.05 bits per heavy atom. The number of hydrogen-bond acceptors (Lipinski definition) is 3. The van der Waals surface area contributed by atoms with Crippen LogP contribution in [0.3, 0.4) is 0 Å². The summed E-state index contributed by atoms with van der Waals surface area (Å²) in [6.07, 6.45) is 6.58. The Bertz CT molecular complexity index is 427. The molecule has 2 aliphatic rings. The van der Waals surface area contributed by atoms with E-state index in [1.165, 1.54) is 36.8 Å². The largest absolute Gasteiger partial charge is 0.491 e. The van der Waals surface area contributed by atoms with Crippen LogP contribution in [0.2, 0.25) is 0 Å². The summed E-state index contributed by atoms with van der Waals surface area (Å²) in [5.41, 5.74) is 2.77. The van der Waals surface area contributed by atoms with Crippen molar-refractivity contribution in [2.45, 2.75) is 50.7 Å². The maximum atomic E-state index is 10.2. The Labute approximate surface area is 115 Å². The molecule has 0 spiro atoms. The van der Waals surface area contributed by atoms with Gasteiger partial charge in [-0.3, -0.25) is 0 Å². The normalized spacial score (nSPS) is 23.9. The predicted molar refractivity (Wildman–Crippen MR) is 75.6 cm³/mol. The van der Waals surface area contributed by atoms with Gasteiger partial charge in [0.05, 0.1) is 0 Å². The van der Waals surface area contributed by atoms with Crippen molar-refractivity contribution in [3.63, 3.8) is 0 Å². The average Bonchev–Trinajstić information content (AvgIpc) is 2.94. The molecule has 3 heteroatoms. The second-order valence-corrected chi connectivity index (χ2v) is 5.68. The minimum absolute atomic E-state index is 0.200. The van der Waals surface area contributed by atoms with Crippen LogP contribution in [0.25, 0.3) is 0 Å². The van der Waals surface area contributed by atoms with Crippen LogP contribution in [-0.2, 0) is 12.8 Å². The smallest absolute Gasteiger partial charge is 0.122 e. The number of aliphatic hydroxyl groups is 1. The Morgan fingerprint density at radius 2 is 2.21 bits per heavy atom. The van der Waals surface area contributed by atoms with Gasteiger partial charge in [0.2, 0.25) is 0 Å². The van der Waals surface area contributed by atoms with Gasteiger partial charge >= 0.3 is 0 Å². The van der Waals surface area contributed by atoms with Crippen molar-refractivity contribution in [3.8, 4) is 5.75 Å². The second kappa shape index (κ2) is 5.93. The fraction of sp³-hybridized carbons (Fsp3) is 0.625. The van der Waals surface area contributed by atoms with Crippen LogP contribution in [-0.4, -0.2) is 30.4 Å². The van der Waals surface area contributed by atoms with Gasteiger partial charge in [-0.15, -0.1) is 0 Å². The monoisotopic (exact) mass is 261 g/mol. The number of benzene rings is 1. The Balaban J connectivity index is 1.58. The van der Waals surface area contributed by atoms with E-state index in [4.69, 9.17) is 4.74 Å². The number of aryl methyl sites for hydroxylation is 1. The quantitative estimate of drug-likeness (QED) is 0.871. The van der Waals surface area contributed by atoms with E-state index in [9.17, 15) is 5.11 Å². The van der Waals surface area contributed by atoms with E-state index in [0.717, 1.165) is 25.1 Å². The van der Waals surface area contributed by atoms with Gasteiger partial charge in [0.25, 0.3) is 0 Å². The topological polar surface area (TPSA) is 41.5 Å². The molecule has 1 aliphatic carbocycles. The van der Waals surface area contributed by atoms with Crippen molar-refractivity contribution >= 4 is 0 Å². The van der Waals surface area contributed by atoms with Crippen molar-refractivity contribution in [1.82, 2.24) is 5.32 Å². The average molecular weight is 261 g/mol. The molecule has 2 atom stereocenters. The minimum atomic E-state index is -0.405. The van der Waals surface area contributed by atoms with Crippen LogP contribution in [0.15, 0.2) is 18.2 Å². The second-order valence-electron chi connectivity index (χ2n) is 5.68. The van der Waals surface area contributed by atoms with Gasteiger partial charge in [-0.05, 0) is 55.8 Å². The van der Waals surface area contributed by atoms with Crippen LogP contribution < -0.4 is 10.1 Å². The van der Waals surface area contributed by atoms with Gasteiger partial charge in [0, 0.05) is 6.04 Å². The first-order valence-corrected chi connectivity index (χ1v) is 7.49. The maximum absolute atomic E-state index is 10.2. The molecule has 1 saturated heterocycles. The molecule has 3 rings (SSSR count). The summed E-state index contributed by atoms with van der Waals surface area (Å²) < 4.78 is 5.87. The van der Waals surface area contributed by atoms with Crippen molar-refractivity contribution < 1.29 is 9.84 Å². The summed E-state index contributed by atoms with van der Waals surface area (Å²) in [5, 5.41) is 13.6. The van der Waals surface area contributed by atoms with Gasteiger partial charge in [0.1, 0.15) is 18.5 Å². The SMILES string of the molecule is OC(COc1cccc2c1CCC2)C1CCCCN1. The van der Waals surface area contributed by atoms with Crippen molar-refractivity contribution in [1.29, 1.82) is 0 Å². The van der Waals surface area contributed by atoms with Crippen molar-refractivity contribution in [3.05, 3.63) is 29.3 Å². The first kappa shape index (κ1) is 12.9. The zero-order chi connectivity index (χ0) is 13.1. The van der Waals surface area contributed by atoms with Crippen LogP contribution >= 0.6 is 0 Å². The summed E-state index contributed by atoms with van der Waals surface area (Å²) in [5.74, 6) is 0.977. The van der Waals surface area contributed by atoms with Gasteiger partial charge in [0.15, 0.2) is 0 Å². The van der Waals surface area contributed by atoms with Gasteiger partial charge in [-0.25, -0.2) is 0 Å². The fourth-order valence-corrected chi connectivity index (χ4v) is 3.22. The summed E-state index contributed by atoms with van der Waals surface area (Å²) in [6, 6.07) is 6.48. The first-order valence-electron chi connectivity index (χ1n) is 7.49. The molecule has 0 aromatic heterocycles. The van der Waals surface area contributed by atoms with Gasteiger partial charge in [-0.2, -0.15) is 0 Å². The molecule has 0 saturated carbocycles. The molecule has 1 aromatic carbocycles. The molecule has 3 nitrogen and oxygen atoms in total. The molecule has 1 aromatic rings. The standard InChI is InChI=1S/C16H23NO2/c18-15(14-8-1-2-10-17-14)11-19-16-9-4-6-12-5-3-7-13(12)16/h4,6,9,14-15,17-18H,1-3,5,7-8,10-11H2. The van der Waals surface area contributed by atoms with E-state index in [-0.39, 0.29) is 6.04 Å². The van der Waals surface area contributed by atoms with Crippen LogP contribution in [0.4, 0.5) is 0 Å². The summed E-state index contributed by atoms with van der Waals surface area (Å²) >= 11 is 0. The number of fused-ring (bicyclic) bond motifs is 1. The molecule has 0 radical (unpaired) electrons. The molecule has 104 valence electrons. The summed E-state index contributed by atoms with van der Waals surface area (Å²) in [4.78, 5) is 0. The molecule has 2 unspecified atom stereocenters. The van der Waals surface area contributed by atoms with E-state index in [2.05, 4.69) is 17.4 Å². The molecule has 19 heavy (non-hydrogen) atoms. The number of hydrogen-bond donors (Lipinski definition) is 2. The highest BCUT2D eigenvalue weighted by atomic mass is 16.5. The highest BCUT2D eigenvalue weighted by Crippen LogP contribution is 2.30. The van der Waals surface area contributed by atoms with Crippen molar-refractivity contribution in [2.24, 2.45) is 0 Å². The molecule has 1 fully saturated rings. The molecular formula is C16H23NO2. The van der Waals surface area contributed by atoms with E-state index < -0.39 is 6.10 Å². The zero-order valence-corrected chi connectivity index (χ0v) is 11.4. The predicted octanol–water partition coefficient (Wildman–Crippen LogP) is 2.06. The molecule has 1 aliphatic heterocycles. The third-order valence-corrected chi connectivity index (χ3v) is 4.33. The van der Waals surface area contributed by atoms with E-state index in [1.54, 1.807) is 0 Å². The number of ether oxygens (including phenoxy) is 1. The summed E-state index contributed by atoms with van der Waals surface area (Å²) in [7, 11) is 0. The lowest BCUT2D eigenvalue weighted by atomic mass is 10.0. The van der Waals surface area contributed by atoms with E-state index in [1.807, 2.05) is 6.07 Å². The molecular weight excluding hydrogens is 238 g/mol. The fourth-order valence-electron chi connectivity index (χ4n) is 3.22. The number of nitrogens with one attached hydrogen (secondary N) is 1. The highest BCUT2D eigenvalue weighted by molar-refractivity contribution is 5.43. The van der Waals surface area contributed by atoms with Crippen LogP contribution in [0.5, 0.6) is 5.75 Å². The number of piperidine rings is 1. The third kappa shape index (κ3) is 2.93. The van der Waals surface area contributed by atoms with Crippen LogP contribution in [0.1, 0.15) is 36.8 Å². The lowest BCUT2D eigenvalue weighted by molar-refractivity contribution is 0.0636. The van der Waals surface area contributed by atoms with E-state index in [0.29, 0.717) is 6.61 Å². The van der Waals surface area contributed by atoms with Gasteiger partial charge in [-0.1, -0.05) is 18.6 Å².